The zero-order chi connectivity index (χ0) is 20.2. The molecule has 0 saturated heterocycles. The van der Waals surface area contributed by atoms with Gasteiger partial charge in [-0.05, 0) is 61.9 Å². The van der Waals surface area contributed by atoms with Gasteiger partial charge in [0.05, 0.1) is 24.2 Å². The monoisotopic (exact) mass is 387 g/mol. The van der Waals surface area contributed by atoms with Crippen LogP contribution in [0.1, 0.15) is 35.4 Å². The van der Waals surface area contributed by atoms with Gasteiger partial charge in [0.1, 0.15) is 5.75 Å². The molecular formula is C24H25N3O2. The summed E-state index contributed by atoms with van der Waals surface area (Å²) in [4.78, 5) is 21.9. The highest BCUT2D eigenvalue weighted by atomic mass is 16.5. The number of methoxy groups -OCH3 is 1. The van der Waals surface area contributed by atoms with Gasteiger partial charge < -0.3 is 10.1 Å². The van der Waals surface area contributed by atoms with E-state index in [0.717, 1.165) is 54.1 Å². The molecule has 0 radical (unpaired) electrons. The number of amides is 1. The molecule has 5 nitrogen and oxygen atoms in total. The molecular weight excluding hydrogens is 362 g/mol. The lowest BCUT2D eigenvalue weighted by Gasteiger charge is -2.20. The normalized spacial score (nSPS) is 12.1. The van der Waals surface area contributed by atoms with Crippen LogP contribution in [0.3, 0.4) is 0 Å². The fourth-order valence-corrected chi connectivity index (χ4v) is 3.74. The first kappa shape index (κ1) is 19.1. The van der Waals surface area contributed by atoms with Crippen LogP contribution in [0.5, 0.6) is 5.75 Å². The Hall–Kier alpha value is -3.21. The number of hydrogen-bond donors (Lipinski definition) is 1. The summed E-state index contributed by atoms with van der Waals surface area (Å²) in [5, 5.41) is 2.96. The molecule has 29 heavy (non-hydrogen) atoms. The maximum absolute atomic E-state index is 12.4. The highest BCUT2D eigenvalue weighted by molar-refractivity contribution is 5.90. The molecule has 3 aromatic rings. The average Bonchev–Trinajstić information content (AvgIpc) is 2.74. The molecule has 1 amide bonds. The summed E-state index contributed by atoms with van der Waals surface area (Å²) in [6, 6.07) is 16.3. The number of aromatic nitrogens is 2. The third-order valence-electron chi connectivity index (χ3n) is 5.31. The van der Waals surface area contributed by atoms with E-state index in [-0.39, 0.29) is 5.91 Å². The van der Waals surface area contributed by atoms with E-state index in [9.17, 15) is 4.79 Å². The summed E-state index contributed by atoms with van der Waals surface area (Å²) >= 11 is 0. The van der Waals surface area contributed by atoms with E-state index in [0.29, 0.717) is 12.2 Å². The van der Waals surface area contributed by atoms with E-state index in [2.05, 4.69) is 23.5 Å². The third-order valence-corrected chi connectivity index (χ3v) is 5.31. The van der Waals surface area contributed by atoms with Gasteiger partial charge in [-0.1, -0.05) is 30.3 Å². The van der Waals surface area contributed by atoms with Gasteiger partial charge in [-0.2, -0.15) is 0 Å². The fraction of sp³-hybridized carbons (Fsp3) is 0.292. The molecule has 1 aliphatic carbocycles. The molecule has 0 saturated carbocycles. The predicted octanol–water partition coefficient (Wildman–Crippen LogP) is 4.52. The zero-order valence-electron chi connectivity index (χ0n) is 16.9. The lowest BCUT2D eigenvalue weighted by atomic mass is 9.91. The Morgan fingerprint density at radius 2 is 1.93 bits per heavy atom. The molecule has 0 atom stereocenters. The molecule has 5 heteroatoms. The molecule has 0 spiro atoms. The minimum absolute atomic E-state index is 0.0146. The van der Waals surface area contributed by atoms with Crippen molar-refractivity contribution in [2.75, 3.05) is 12.4 Å². The highest BCUT2D eigenvalue weighted by Crippen LogP contribution is 2.34. The number of hydrogen-bond acceptors (Lipinski definition) is 4. The van der Waals surface area contributed by atoms with Crippen LogP contribution in [0.15, 0.2) is 48.5 Å². The Labute approximate surface area is 171 Å². The number of ether oxygens (including phenoxy) is 1. The third kappa shape index (κ3) is 4.29. The van der Waals surface area contributed by atoms with Gasteiger partial charge in [-0.3, -0.25) is 4.79 Å². The van der Waals surface area contributed by atoms with E-state index in [1.807, 2.05) is 37.3 Å². The lowest BCUT2D eigenvalue weighted by Crippen LogP contribution is -2.17. The van der Waals surface area contributed by atoms with Crippen LogP contribution in [-0.2, 0) is 24.1 Å². The largest absolute Gasteiger partial charge is 0.497 e. The van der Waals surface area contributed by atoms with E-state index < -0.39 is 0 Å². The maximum atomic E-state index is 12.4. The molecule has 0 fully saturated rings. The molecule has 1 aromatic heterocycles. The number of rotatable bonds is 6. The molecule has 0 aliphatic heterocycles. The van der Waals surface area contributed by atoms with Crippen molar-refractivity contribution in [3.8, 4) is 17.0 Å². The van der Waals surface area contributed by atoms with E-state index in [4.69, 9.17) is 14.7 Å². The standard InChI is InChI=1S/C24H25N3O2/c1-16-24(27-22(28)10-6-9-17-7-4-3-5-8-17)26-21-14-11-18-15-19(29-2)12-13-20(18)23(21)25-16/h3-5,7-8,12-13,15H,6,9-11,14H2,1-2H3,(H,26,27,28). The van der Waals surface area contributed by atoms with Gasteiger partial charge in [0.25, 0.3) is 0 Å². The minimum atomic E-state index is -0.0146. The summed E-state index contributed by atoms with van der Waals surface area (Å²) in [5.41, 5.74) is 6.16. The van der Waals surface area contributed by atoms with Gasteiger partial charge in [0.15, 0.2) is 5.82 Å². The molecule has 1 aliphatic rings. The van der Waals surface area contributed by atoms with Crippen molar-refractivity contribution in [2.45, 2.75) is 39.0 Å². The Morgan fingerprint density at radius 1 is 1.10 bits per heavy atom. The summed E-state index contributed by atoms with van der Waals surface area (Å²) in [5.74, 6) is 1.42. The van der Waals surface area contributed by atoms with Gasteiger partial charge in [-0.25, -0.2) is 9.97 Å². The van der Waals surface area contributed by atoms with Crippen molar-refractivity contribution in [3.05, 3.63) is 71.0 Å². The van der Waals surface area contributed by atoms with Gasteiger partial charge in [0, 0.05) is 12.0 Å². The van der Waals surface area contributed by atoms with Gasteiger partial charge >= 0.3 is 0 Å². The Morgan fingerprint density at radius 3 is 2.72 bits per heavy atom. The second kappa shape index (κ2) is 8.43. The fourth-order valence-electron chi connectivity index (χ4n) is 3.74. The van der Waals surface area contributed by atoms with Crippen LogP contribution in [0, 0.1) is 6.92 Å². The second-order valence-corrected chi connectivity index (χ2v) is 7.36. The number of carbonyl (C=O) groups is 1. The summed E-state index contributed by atoms with van der Waals surface area (Å²) in [6.45, 7) is 1.89. The number of benzene rings is 2. The average molecular weight is 387 g/mol. The van der Waals surface area contributed by atoms with Gasteiger partial charge in [-0.15, -0.1) is 0 Å². The SMILES string of the molecule is COc1ccc2c(c1)CCc1nc(NC(=O)CCCc3ccccc3)c(C)nc1-2. The number of anilines is 1. The van der Waals surface area contributed by atoms with Crippen molar-refractivity contribution in [2.24, 2.45) is 0 Å². The summed E-state index contributed by atoms with van der Waals surface area (Å²) in [6.07, 6.45) is 3.86. The quantitative estimate of drug-likeness (QED) is 0.675. The Kier molecular flexibility index (Phi) is 5.56. The molecule has 2 aromatic carbocycles. The molecule has 0 bridgehead atoms. The summed E-state index contributed by atoms with van der Waals surface area (Å²) < 4.78 is 5.33. The van der Waals surface area contributed by atoms with Crippen molar-refractivity contribution < 1.29 is 9.53 Å². The van der Waals surface area contributed by atoms with Crippen LogP contribution >= 0.6 is 0 Å². The van der Waals surface area contributed by atoms with Crippen molar-refractivity contribution in [1.82, 2.24) is 9.97 Å². The molecule has 0 unspecified atom stereocenters. The zero-order valence-corrected chi connectivity index (χ0v) is 16.9. The molecule has 4 rings (SSSR count). The topological polar surface area (TPSA) is 64.1 Å². The molecule has 148 valence electrons. The number of nitrogens with one attached hydrogen (secondary N) is 1. The van der Waals surface area contributed by atoms with E-state index >= 15 is 0 Å². The second-order valence-electron chi connectivity index (χ2n) is 7.36. The smallest absolute Gasteiger partial charge is 0.225 e. The molecule has 1 heterocycles. The van der Waals surface area contributed by atoms with Crippen LogP contribution < -0.4 is 10.1 Å². The van der Waals surface area contributed by atoms with E-state index in [1.165, 1.54) is 11.1 Å². The van der Waals surface area contributed by atoms with E-state index in [1.54, 1.807) is 7.11 Å². The predicted molar refractivity (Wildman–Crippen MR) is 114 cm³/mol. The van der Waals surface area contributed by atoms with Crippen molar-refractivity contribution in [3.63, 3.8) is 0 Å². The molecule has 1 N–H and O–H groups in total. The number of carbonyl (C=O) groups excluding carboxylic acids is 1. The first-order valence-corrected chi connectivity index (χ1v) is 10.0. The maximum Gasteiger partial charge on any atom is 0.225 e. The first-order chi connectivity index (χ1) is 14.1. The Bertz CT molecular complexity index is 1030. The van der Waals surface area contributed by atoms with Crippen molar-refractivity contribution >= 4 is 11.7 Å². The van der Waals surface area contributed by atoms with Crippen LogP contribution in [-0.4, -0.2) is 23.0 Å². The van der Waals surface area contributed by atoms with Gasteiger partial charge in [0.2, 0.25) is 5.91 Å². The first-order valence-electron chi connectivity index (χ1n) is 10.0. The number of fused-ring (bicyclic) bond motifs is 3. The number of nitrogens with zero attached hydrogens (tertiary/aromatic N) is 2. The Balaban J connectivity index is 1.45. The highest BCUT2D eigenvalue weighted by Gasteiger charge is 2.21. The minimum Gasteiger partial charge on any atom is -0.497 e. The van der Waals surface area contributed by atoms with Crippen molar-refractivity contribution in [1.29, 1.82) is 0 Å². The van der Waals surface area contributed by atoms with Crippen LogP contribution in [0.2, 0.25) is 0 Å². The lowest BCUT2D eigenvalue weighted by molar-refractivity contribution is -0.116. The van der Waals surface area contributed by atoms with Crippen LogP contribution in [0.4, 0.5) is 5.82 Å². The number of aryl methyl sites for hydroxylation is 4. The summed E-state index contributed by atoms with van der Waals surface area (Å²) in [7, 11) is 1.68. The van der Waals surface area contributed by atoms with Crippen LogP contribution in [0.25, 0.3) is 11.3 Å².